The van der Waals surface area contributed by atoms with E-state index in [2.05, 4.69) is 5.32 Å². The van der Waals surface area contributed by atoms with Crippen molar-refractivity contribution in [2.45, 2.75) is 44.8 Å². The normalized spacial score (nSPS) is 19.6. The Morgan fingerprint density at radius 3 is 2.27 bits per heavy atom. The molecule has 0 aromatic heterocycles. The second-order valence-corrected chi connectivity index (χ2v) is 4.35. The summed E-state index contributed by atoms with van der Waals surface area (Å²) in [6, 6.07) is 0. The van der Waals surface area contributed by atoms with Gasteiger partial charge in [0.1, 0.15) is 5.60 Å². The van der Waals surface area contributed by atoms with Crippen molar-refractivity contribution in [3.8, 4) is 0 Å². The molecule has 2 atom stereocenters. The topological polar surface area (TPSA) is 61.7 Å². The molecule has 0 aliphatic heterocycles. The van der Waals surface area contributed by atoms with E-state index in [1.165, 1.54) is 0 Å². The van der Waals surface area contributed by atoms with Gasteiger partial charge in [-0.05, 0) is 19.9 Å². The Labute approximate surface area is 92.6 Å². The molecular weight excluding hydrogens is 194 g/mol. The molecule has 3 N–H and O–H groups in total. The largest absolute Gasteiger partial charge is 0.393 e. The summed E-state index contributed by atoms with van der Waals surface area (Å²) >= 11 is 0. The van der Waals surface area contributed by atoms with Crippen LogP contribution in [0.25, 0.3) is 0 Å². The number of hydrogen-bond acceptors (Lipinski definition) is 4. The van der Waals surface area contributed by atoms with Gasteiger partial charge >= 0.3 is 0 Å². The molecule has 0 amide bonds. The van der Waals surface area contributed by atoms with Gasteiger partial charge in [-0.25, -0.2) is 0 Å². The van der Waals surface area contributed by atoms with E-state index in [0.717, 1.165) is 13.0 Å². The number of nitrogens with one attached hydrogen (secondary N) is 1. The predicted octanol–water partition coefficient (Wildman–Crippen LogP) is 0.524. The number of aliphatic hydroxyl groups excluding tert-OH is 1. The molecule has 15 heavy (non-hydrogen) atoms. The van der Waals surface area contributed by atoms with E-state index in [4.69, 9.17) is 4.74 Å². The van der Waals surface area contributed by atoms with Crippen LogP contribution in [0.15, 0.2) is 0 Å². The predicted molar refractivity (Wildman–Crippen MR) is 60.9 cm³/mol. The third-order valence-electron chi connectivity index (χ3n) is 2.94. The van der Waals surface area contributed by atoms with Crippen molar-refractivity contribution >= 4 is 0 Å². The molecule has 0 aliphatic rings. The minimum Gasteiger partial charge on any atom is -0.393 e. The fourth-order valence-corrected chi connectivity index (χ4v) is 1.57. The molecule has 92 valence electrons. The zero-order valence-electron chi connectivity index (χ0n) is 10.3. The van der Waals surface area contributed by atoms with Crippen LogP contribution in [0.2, 0.25) is 0 Å². The summed E-state index contributed by atoms with van der Waals surface area (Å²) in [5, 5.41) is 22.4. The number of methoxy groups -OCH3 is 1. The monoisotopic (exact) mass is 219 g/mol. The van der Waals surface area contributed by atoms with Gasteiger partial charge < -0.3 is 20.3 Å². The van der Waals surface area contributed by atoms with Crippen LogP contribution in [-0.2, 0) is 4.74 Å². The number of ether oxygens (including phenoxy) is 1. The smallest absolute Gasteiger partial charge is 0.103 e. The first kappa shape index (κ1) is 14.8. The summed E-state index contributed by atoms with van der Waals surface area (Å²) in [6.45, 7) is 6.83. The maximum absolute atomic E-state index is 10.2. The fraction of sp³-hybridized carbons (Fsp3) is 1.00. The first-order valence-electron chi connectivity index (χ1n) is 5.54. The minimum absolute atomic E-state index is 0.251. The summed E-state index contributed by atoms with van der Waals surface area (Å²) in [4.78, 5) is 0. The van der Waals surface area contributed by atoms with Gasteiger partial charge in [-0.1, -0.05) is 13.8 Å². The molecule has 0 aromatic carbocycles. The van der Waals surface area contributed by atoms with Gasteiger partial charge in [0.2, 0.25) is 0 Å². The lowest BCUT2D eigenvalue weighted by Gasteiger charge is -2.36. The van der Waals surface area contributed by atoms with Crippen molar-refractivity contribution in [1.29, 1.82) is 0 Å². The molecule has 0 saturated heterocycles. The molecule has 0 spiro atoms. The van der Waals surface area contributed by atoms with E-state index in [1.807, 2.05) is 20.8 Å². The highest BCUT2D eigenvalue weighted by molar-refractivity contribution is 4.89. The Morgan fingerprint density at radius 1 is 1.33 bits per heavy atom. The molecule has 2 unspecified atom stereocenters. The highest BCUT2D eigenvalue weighted by Crippen LogP contribution is 2.26. The van der Waals surface area contributed by atoms with Gasteiger partial charge in [-0.15, -0.1) is 0 Å². The molecule has 0 saturated carbocycles. The average molecular weight is 219 g/mol. The van der Waals surface area contributed by atoms with E-state index in [0.29, 0.717) is 13.0 Å². The van der Waals surface area contributed by atoms with Crippen LogP contribution < -0.4 is 5.32 Å². The zero-order valence-corrected chi connectivity index (χ0v) is 10.3. The molecule has 0 bridgehead atoms. The van der Waals surface area contributed by atoms with Crippen molar-refractivity contribution in [2.24, 2.45) is 0 Å². The van der Waals surface area contributed by atoms with Crippen molar-refractivity contribution < 1.29 is 14.9 Å². The third kappa shape index (κ3) is 4.93. The van der Waals surface area contributed by atoms with Gasteiger partial charge in [-0.2, -0.15) is 0 Å². The maximum atomic E-state index is 10.2. The Kier molecular flexibility index (Phi) is 6.36. The zero-order chi connectivity index (χ0) is 11.9. The summed E-state index contributed by atoms with van der Waals surface area (Å²) in [7, 11) is 1.63. The number of aliphatic hydroxyl groups is 2. The summed E-state index contributed by atoms with van der Waals surface area (Å²) in [6.07, 6.45) is 1.23. The number of hydrogen-bond donors (Lipinski definition) is 3. The van der Waals surface area contributed by atoms with Crippen LogP contribution >= 0.6 is 0 Å². The van der Waals surface area contributed by atoms with E-state index in [1.54, 1.807) is 7.11 Å². The van der Waals surface area contributed by atoms with Gasteiger partial charge in [0, 0.05) is 20.1 Å². The SMILES string of the molecule is CCNCC(O)(CO)CC(C)(CC)OC. The first-order chi connectivity index (χ1) is 6.95. The van der Waals surface area contributed by atoms with Crippen molar-refractivity contribution in [3.05, 3.63) is 0 Å². The van der Waals surface area contributed by atoms with Crippen molar-refractivity contribution in [2.75, 3.05) is 26.8 Å². The highest BCUT2D eigenvalue weighted by atomic mass is 16.5. The van der Waals surface area contributed by atoms with Crippen molar-refractivity contribution in [3.63, 3.8) is 0 Å². The van der Waals surface area contributed by atoms with E-state index < -0.39 is 5.60 Å². The first-order valence-corrected chi connectivity index (χ1v) is 5.54. The van der Waals surface area contributed by atoms with E-state index in [9.17, 15) is 10.2 Å². The summed E-state index contributed by atoms with van der Waals surface area (Å²) < 4.78 is 5.37. The lowest BCUT2D eigenvalue weighted by atomic mass is 9.86. The third-order valence-corrected chi connectivity index (χ3v) is 2.94. The van der Waals surface area contributed by atoms with Gasteiger partial charge in [0.25, 0.3) is 0 Å². The maximum Gasteiger partial charge on any atom is 0.103 e. The number of likely N-dealkylation sites (N-methyl/N-ethyl adjacent to an activating group) is 1. The summed E-state index contributed by atoms with van der Waals surface area (Å²) in [5.74, 6) is 0. The van der Waals surface area contributed by atoms with Crippen LogP contribution in [0, 0.1) is 0 Å². The van der Waals surface area contributed by atoms with Crippen molar-refractivity contribution in [1.82, 2.24) is 5.32 Å². The van der Waals surface area contributed by atoms with Gasteiger partial charge in [0.15, 0.2) is 0 Å². The Bertz CT molecular complexity index is 171. The molecule has 0 aliphatic carbocycles. The fourth-order valence-electron chi connectivity index (χ4n) is 1.57. The lowest BCUT2D eigenvalue weighted by Crippen LogP contribution is -2.49. The second-order valence-electron chi connectivity index (χ2n) is 4.35. The van der Waals surface area contributed by atoms with E-state index >= 15 is 0 Å². The molecule has 4 nitrogen and oxygen atoms in total. The summed E-state index contributed by atoms with van der Waals surface area (Å²) in [5.41, 5.74) is -1.48. The van der Waals surface area contributed by atoms with Gasteiger partial charge in [0.05, 0.1) is 12.2 Å². The number of rotatable bonds is 8. The molecule has 0 radical (unpaired) electrons. The molecule has 0 fully saturated rings. The molecular formula is C11H25NO3. The van der Waals surface area contributed by atoms with Crippen LogP contribution in [0.3, 0.4) is 0 Å². The Hall–Kier alpha value is -0.160. The second kappa shape index (κ2) is 6.43. The molecule has 0 rings (SSSR count). The Balaban J connectivity index is 4.39. The quantitative estimate of drug-likeness (QED) is 0.557. The van der Waals surface area contributed by atoms with E-state index in [-0.39, 0.29) is 12.2 Å². The average Bonchev–Trinajstić information content (AvgIpc) is 2.26. The van der Waals surface area contributed by atoms with Crippen LogP contribution in [0.4, 0.5) is 0 Å². The molecule has 0 aromatic rings. The highest BCUT2D eigenvalue weighted by Gasteiger charge is 2.35. The standard InChI is InChI=1S/C11H25NO3/c1-5-10(3,15-4)7-11(14,9-13)8-12-6-2/h12-14H,5-9H2,1-4H3. The Morgan fingerprint density at radius 2 is 1.93 bits per heavy atom. The van der Waals surface area contributed by atoms with Gasteiger partial charge in [-0.3, -0.25) is 0 Å². The lowest BCUT2D eigenvalue weighted by molar-refractivity contribution is -0.0969. The minimum atomic E-state index is -1.10. The molecule has 4 heteroatoms. The van der Waals surface area contributed by atoms with Crippen LogP contribution in [-0.4, -0.2) is 48.2 Å². The molecule has 0 heterocycles. The van der Waals surface area contributed by atoms with Crippen LogP contribution in [0.5, 0.6) is 0 Å². The van der Waals surface area contributed by atoms with Crippen LogP contribution in [0.1, 0.15) is 33.6 Å².